The van der Waals surface area contributed by atoms with E-state index in [9.17, 15) is 9.18 Å². The molecule has 6 nitrogen and oxygen atoms in total. The molecule has 0 aliphatic carbocycles. The van der Waals surface area contributed by atoms with Gasteiger partial charge in [0.1, 0.15) is 5.75 Å². The number of para-hydroxylation sites is 1. The van der Waals surface area contributed by atoms with Crippen LogP contribution in [0.3, 0.4) is 0 Å². The molecule has 0 radical (unpaired) electrons. The Bertz CT molecular complexity index is 885. The molecule has 3 rings (SSSR count). The molecule has 0 unspecified atom stereocenters. The van der Waals surface area contributed by atoms with Crippen molar-refractivity contribution >= 4 is 11.6 Å². The van der Waals surface area contributed by atoms with Gasteiger partial charge in [0.25, 0.3) is 5.91 Å². The van der Waals surface area contributed by atoms with Gasteiger partial charge >= 0.3 is 6.01 Å². The van der Waals surface area contributed by atoms with Crippen LogP contribution < -0.4 is 14.8 Å². The second kappa shape index (κ2) is 7.39. The Morgan fingerprint density at radius 3 is 2.56 bits per heavy atom. The van der Waals surface area contributed by atoms with Crippen LogP contribution in [-0.4, -0.2) is 23.0 Å². The van der Waals surface area contributed by atoms with Crippen molar-refractivity contribution < 1.29 is 18.7 Å². The summed E-state index contributed by atoms with van der Waals surface area (Å²) in [5.74, 6) is -0.236. The third-order valence-electron chi connectivity index (χ3n) is 3.26. The number of aromatic nitrogens is 2. The number of rotatable bonds is 5. The molecular weight excluding hydrogens is 325 g/mol. The van der Waals surface area contributed by atoms with E-state index in [1.165, 1.54) is 31.6 Å². The van der Waals surface area contributed by atoms with E-state index in [-0.39, 0.29) is 17.7 Å². The zero-order chi connectivity index (χ0) is 17.6. The van der Waals surface area contributed by atoms with Crippen LogP contribution in [-0.2, 0) is 0 Å². The number of ether oxygens (including phenoxy) is 2. The van der Waals surface area contributed by atoms with Crippen LogP contribution in [0, 0.1) is 5.82 Å². The first-order valence-electron chi connectivity index (χ1n) is 7.35. The number of carbonyl (C=O) groups is 1. The molecule has 0 aliphatic rings. The van der Waals surface area contributed by atoms with Crippen molar-refractivity contribution in [2.75, 3.05) is 12.4 Å². The van der Waals surface area contributed by atoms with E-state index in [1.807, 2.05) is 0 Å². The fourth-order valence-corrected chi connectivity index (χ4v) is 2.03. The Labute approximate surface area is 143 Å². The van der Waals surface area contributed by atoms with Crippen LogP contribution in [0.1, 0.15) is 10.4 Å². The second-order valence-corrected chi connectivity index (χ2v) is 4.97. The fraction of sp³-hybridized carbons (Fsp3) is 0.0556. The van der Waals surface area contributed by atoms with E-state index in [0.717, 1.165) is 0 Å². The van der Waals surface area contributed by atoms with Gasteiger partial charge in [0.15, 0.2) is 11.6 Å². The van der Waals surface area contributed by atoms with Crippen molar-refractivity contribution in [3.63, 3.8) is 0 Å². The van der Waals surface area contributed by atoms with Gasteiger partial charge in [-0.3, -0.25) is 4.79 Å². The molecule has 1 N–H and O–H groups in total. The molecule has 0 aliphatic heterocycles. The number of nitrogens with one attached hydrogen (secondary N) is 1. The maximum absolute atomic E-state index is 13.5. The largest absolute Gasteiger partial charge is 0.497 e. The fourth-order valence-electron chi connectivity index (χ4n) is 2.03. The third kappa shape index (κ3) is 4.08. The summed E-state index contributed by atoms with van der Waals surface area (Å²) in [4.78, 5) is 20.1. The SMILES string of the molecule is COc1cccc(C(=O)Nc2cnc(Oc3ccccc3F)nc2)c1. The lowest BCUT2D eigenvalue weighted by Crippen LogP contribution is -2.12. The summed E-state index contributed by atoms with van der Waals surface area (Å²) in [7, 11) is 1.53. The topological polar surface area (TPSA) is 73.3 Å². The van der Waals surface area contributed by atoms with Crippen LogP contribution in [0.4, 0.5) is 10.1 Å². The Hall–Kier alpha value is -3.48. The van der Waals surface area contributed by atoms with E-state index in [4.69, 9.17) is 9.47 Å². The number of hydrogen-bond donors (Lipinski definition) is 1. The van der Waals surface area contributed by atoms with Gasteiger partial charge in [-0.2, -0.15) is 0 Å². The molecule has 25 heavy (non-hydrogen) atoms. The summed E-state index contributed by atoms with van der Waals surface area (Å²) in [6.45, 7) is 0. The summed E-state index contributed by atoms with van der Waals surface area (Å²) in [5.41, 5.74) is 0.819. The molecule has 0 saturated carbocycles. The molecule has 1 aromatic heterocycles. The van der Waals surface area contributed by atoms with Crippen molar-refractivity contribution in [2.45, 2.75) is 0 Å². The molecule has 1 amide bonds. The lowest BCUT2D eigenvalue weighted by molar-refractivity contribution is 0.102. The summed E-state index contributed by atoms with van der Waals surface area (Å²) < 4.78 is 23.9. The van der Waals surface area contributed by atoms with E-state index in [0.29, 0.717) is 17.0 Å². The van der Waals surface area contributed by atoms with Crippen LogP contribution in [0.25, 0.3) is 0 Å². The number of benzene rings is 2. The number of nitrogens with zero attached hydrogens (tertiary/aromatic N) is 2. The number of hydrogen-bond acceptors (Lipinski definition) is 5. The van der Waals surface area contributed by atoms with E-state index >= 15 is 0 Å². The Morgan fingerprint density at radius 2 is 1.84 bits per heavy atom. The smallest absolute Gasteiger partial charge is 0.322 e. The van der Waals surface area contributed by atoms with E-state index < -0.39 is 5.82 Å². The molecule has 0 bridgehead atoms. The third-order valence-corrected chi connectivity index (χ3v) is 3.26. The van der Waals surface area contributed by atoms with Gasteiger partial charge in [-0.25, -0.2) is 14.4 Å². The molecule has 7 heteroatoms. The number of halogens is 1. The Balaban J connectivity index is 1.68. The van der Waals surface area contributed by atoms with Crippen molar-refractivity contribution in [1.82, 2.24) is 9.97 Å². The quantitative estimate of drug-likeness (QED) is 0.768. The van der Waals surface area contributed by atoms with Gasteiger partial charge in [-0.05, 0) is 30.3 Å². The molecular formula is C18H14FN3O3. The van der Waals surface area contributed by atoms with Crippen LogP contribution in [0.15, 0.2) is 60.9 Å². The summed E-state index contributed by atoms with van der Waals surface area (Å²) in [6, 6.07) is 12.7. The van der Waals surface area contributed by atoms with Crippen molar-refractivity contribution in [1.29, 1.82) is 0 Å². The minimum Gasteiger partial charge on any atom is -0.497 e. The maximum atomic E-state index is 13.5. The summed E-state index contributed by atoms with van der Waals surface area (Å²) in [5, 5.41) is 2.66. The number of amides is 1. The highest BCUT2D eigenvalue weighted by molar-refractivity contribution is 6.04. The zero-order valence-corrected chi connectivity index (χ0v) is 13.3. The summed E-state index contributed by atoms with van der Waals surface area (Å²) in [6.07, 6.45) is 2.75. The monoisotopic (exact) mass is 339 g/mol. The van der Waals surface area contributed by atoms with Crippen molar-refractivity contribution in [3.8, 4) is 17.5 Å². The highest BCUT2D eigenvalue weighted by atomic mass is 19.1. The number of anilines is 1. The first-order chi connectivity index (χ1) is 12.2. The molecule has 3 aromatic rings. The normalized spacial score (nSPS) is 10.2. The van der Waals surface area contributed by atoms with Gasteiger partial charge < -0.3 is 14.8 Å². The van der Waals surface area contributed by atoms with Crippen molar-refractivity contribution in [2.24, 2.45) is 0 Å². The zero-order valence-electron chi connectivity index (χ0n) is 13.3. The standard InChI is InChI=1S/C18H14FN3O3/c1-24-14-6-4-5-12(9-14)17(23)22-13-10-20-18(21-11-13)25-16-8-3-2-7-15(16)19/h2-11H,1H3,(H,22,23). The lowest BCUT2D eigenvalue weighted by atomic mass is 10.2. The predicted molar refractivity (Wildman–Crippen MR) is 89.5 cm³/mol. The van der Waals surface area contributed by atoms with Gasteiger partial charge in [-0.15, -0.1) is 0 Å². The molecule has 0 saturated heterocycles. The molecule has 0 spiro atoms. The number of methoxy groups -OCH3 is 1. The van der Waals surface area contributed by atoms with Gasteiger partial charge in [0.2, 0.25) is 0 Å². The lowest BCUT2D eigenvalue weighted by Gasteiger charge is -2.07. The molecule has 2 aromatic carbocycles. The van der Waals surface area contributed by atoms with Gasteiger partial charge in [0, 0.05) is 5.56 Å². The van der Waals surface area contributed by atoms with Gasteiger partial charge in [-0.1, -0.05) is 18.2 Å². The van der Waals surface area contributed by atoms with Gasteiger partial charge in [0.05, 0.1) is 25.2 Å². The second-order valence-electron chi connectivity index (χ2n) is 4.97. The van der Waals surface area contributed by atoms with Crippen LogP contribution in [0.5, 0.6) is 17.5 Å². The highest BCUT2D eigenvalue weighted by Gasteiger charge is 2.09. The minimum atomic E-state index is -0.512. The summed E-state index contributed by atoms with van der Waals surface area (Å²) >= 11 is 0. The Morgan fingerprint density at radius 1 is 1.08 bits per heavy atom. The predicted octanol–water partition coefficient (Wildman–Crippen LogP) is 3.67. The van der Waals surface area contributed by atoms with E-state index in [2.05, 4.69) is 15.3 Å². The maximum Gasteiger partial charge on any atom is 0.322 e. The number of carbonyl (C=O) groups excluding carboxylic acids is 1. The first-order valence-corrected chi connectivity index (χ1v) is 7.35. The minimum absolute atomic E-state index is 0.0236. The van der Waals surface area contributed by atoms with E-state index in [1.54, 1.807) is 36.4 Å². The molecule has 126 valence electrons. The molecule has 1 heterocycles. The first kappa shape index (κ1) is 16.4. The molecule has 0 atom stereocenters. The average Bonchev–Trinajstić information content (AvgIpc) is 2.65. The highest BCUT2D eigenvalue weighted by Crippen LogP contribution is 2.21. The van der Waals surface area contributed by atoms with Crippen LogP contribution in [0.2, 0.25) is 0 Å². The van der Waals surface area contributed by atoms with Crippen molar-refractivity contribution in [3.05, 3.63) is 72.3 Å². The molecule has 0 fully saturated rings. The Kier molecular flexibility index (Phi) is 4.84. The average molecular weight is 339 g/mol. The van der Waals surface area contributed by atoms with Crippen LogP contribution >= 0.6 is 0 Å².